The zero-order valence-corrected chi connectivity index (χ0v) is 10.9. The molecule has 0 saturated carbocycles. The minimum absolute atomic E-state index is 1.18. The summed E-state index contributed by atoms with van der Waals surface area (Å²) < 4.78 is 6.05. The Morgan fingerprint density at radius 3 is 2.71 bits per heavy atom. The zero-order valence-electron chi connectivity index (χ0n) is 9.94. The molecule has 0 unspecified atom stereocenters. The normalized spacial score (nSPS) is 20.1. The van der Waals surface area contributed by atoms with Gasteiger partial charge in [-0.3, -0.25) is 0 Å². The average molecular weight is 212 g/mol. The van der Waals surface area contributed by atoms with Crippen LogP contribution in [0.5, 0.6) is 0 Å². The summed E-state index contributed by atoms with van der Waals surface area (Å²) in [5.74, 6) is 1.30. The maximum absolute atomic E-state index is 6.05. The van der Waals surface area contributed by atoms with E-state index in [4.69, 9.17) is 4.43 Å². The molecule has 14 heavy (non-hydrogen) atoms. The van der Waals surface area contributed by atoms with Crippen molar-refractivity contribution in [3.63, 3.8) is 0 Å². The Morgan fingerprint density at radius 1 is 1.29 bits per heavy atom. The van der Waals surface area contributed by atoms with Crippen molar-refractivity contribution in [1.82, 2.24) is 0 Å². The van der Waals surface area contributed by atoms with Crippen LogP contribution in [0.1, 0.15) is 45.4 Å². The van der Waals surface area contributed by atoms with Crippen molar-refractivity contribution in [2.75, 3.05) is 0 Å². The number of hydrogen-bond donors (Lipinski definition) is 0. The molecule has 0 aromatic heterocycles. The van der Waals surface area contributed by atoms with Gasteiger partial charge in [0.05, 0.1) is 5.76 Å². The van der Waals surface area contributed by atoms with Crippen LogP contribution in [0.15, 0.2) is 11.8 Å². The van der Waals surface area contributed by atoms with Gasteiger partial charge < -0.3 is 4.43 Å². The molecular formula is C12H24OSi. The second-order valence-corrected chi connectivity index (χ2v) is 9.11. The van der Waals surface area contributed by atoms with E-state index in [9.17, 15) is 0 Å². The Kier molecular flexibility index (Phi) is 4.73. The molecule has 0 fully saturated rings. The molecule has 1 heterocycles. The standard InChI is InChI=1S/C12H24OSi/c1-4-5-6-7-9-12-10-8-11-14(2,3)13-12/h10H,4-9,11H2,1-3H3. The van der Waals surface area contributed by atoms with Crippen molar-refractivity contribution in [3.8, 4) is 0 Å². The Morgan fingerprint density at radius 2 is 2.07 bits per heavy atom. The summed E-state index contributed by atoms with van der Waals surface area (Å²) in [6.45, 7) is 6.91. The molecule has 0 radical (unpaired) electrons. The van der Waals surface area contributed by atoms with Gasteiger partial charge in [0.25, 0.3) is 0 Å². The van der Waals surface area contributed by atoms with Gasteiger partial charge in [0, 0.05) is 6.42 Å². The minimum Gasteiger partial charge on any atom is -0.547 e. The molecule has 0 aromatic carbocycles. The van der Waals surface area contributed by atoms with Crippen LogP contribution in [0.4, 0.5) is 0 Å². The highest BCUT2D eigenvalue weighted by Crippen LogP contribution is 2.26. The third-order valence-electron chi connectivity index (χ3n) is 2.80. The number of unbranched alkanes of at least 4 members (excludes halogenated alkanes) is 3. The summed E-state index contributed by atoms with van der Waals surface area (Å²) in [5, 5.41) is 0. The summed E-state index contributed by atoms with van der Waals surface area (Å²) in [6, 6.07) is 1.30. The molecule has 0 amide bonds. The molecule has 1 aliphatic heterocycles. The fourth-order valence-electron chi connectivity index (χ4n) is 1.91. The van der Waals surface area contributed by atoms with E-state index in [-0.39, 0.29) is 0 Å². The van der Waals surface area contributed by atoms with Crippen molar-refractivity contribution in [3.05, 3.63) is 11.8 Å². The van der Waals surface area contributed by atoms with Crippen molar-refractivity contribution in [2.45, 2.75) is 64.6 Å². The monoisotopic (exact) mass is 212 g/mol. The van der Waals surface area contributed by atoms with Gasteiger partial charge in [0.2, 0.25) is 8.32 Å². The van der Waals surface area contributed by atoms with E-state index in [0.29, 0.717) is 0 Å². The van der Waals surface area contributed by atoms with Gasteiger partial charge in [0.15, 0.2) is 0 Å². The predicted octanol–water partition coefficient (Wildman–Crippen LogP) is 4.47. The van der Waals surface area contributed by atoms with Gasteiger partial charge in [-0.05, 0) is 38.1 Å². The molecule has 0 bridgehead atoms. The van der Waals surface area contributed by atoms with Crippen molar-refractivity contribution in [2.24, 2.45) is 0 Å². The second kappa shape index (κ2) is 5.59. The van der Waals surface area contributed by atoms with Crippen LogP contribution in [-0.4, -0.2) is 8.32 Å². The average Bonchev–Trinajstić information content (AvgIpc) is 2.11. The Bertz CT molecular complexity index is 196. The van der Waals surface area contributed by atoms with Crippen molar-refractivity contribution in [1.29, 1.82) is 0 Å². The van der Waals surface area contributed by atoms with E-state index in [1.807, 2.05) is 0 Å². The van der Waals surface area contributed by atoms with Gasteiger partial charge in [-0.1, -0.05) is 26.2 Å². The fourth-order valence-corrected chi connectivity index (χ4v) is 3.74. The molecule has 0 N–H and O–H groups in total. The van der Waals surface area contributed by atoms with Gasteiger partial charge in [-0.15, -0.1) is 0 Å². The van der Waals surface area contributed by atoms with Crippen molar-refractivity contribution >= 4 is 8.32 Å². The Hall–Kier alpha value is -0.243. The topological polar surface area (TPSA) is 9.23 Å². The van der Waals surface area contributed by atoms with Gasteiger partial charge in [0.1, 0.15) is 0 Å². The number of rotatable bonds is 5. The zero-order chi connectivity index (χ0) is 10.4. The Balaban J connectivity index is 2.21. The first-order valence-corrected chi connectivity index (χ1v) is 9.13. The second-order valence-electron chi connectivity index (χ2n) is 4.88. The molecule has 2 heteroatoms. The number of allylic oxidation sites excluding steroid dienone is 2. The summed E-state index contributed by atoms with van der Waals surface area (Å²) in [6.07, 6.45) is 10.1. The maximum atomic E-state index is 6.05. The van der Waals surface area contributed by atoms with Crippen LogP contribution in [0.25, 0.3) is 0 Å². The van der Waals surface area contributed by atoms with E-state index in [2.05, 4.69) is 26.1 Å². The lowest BCUT2D eigenvalue weighted by Crippen LogP contribution is -2.31. The first kappa shape index (κ1) is 11.8. The molecule has 1 nitrogen and oxygen atoms in total. The summed E-state index contributed by atoms with van der Waals surface area (Å²) in [7, 11) is -1.29. The summed E-state index contributed by atoms with van der Waals surface area (Å²) in [5.41, 5.74) is 0. The molecule has 1 rings (SSSR count). The van der Waals surface area contributed by atoms with Crippen molar-refractivity contribution < 1.29 is 4.43 Å². The van der Waals surface area contributed by atoms with Crippen LogP contribution in [-0.2, 0) is 4.43 Å². The molecule has 0 saturated heterocycles. The van der Waals surface area contributed by atoms with Gasteiger partial charge in [-0.2, -0.15) is 0 Å². The van der Waals surface area contributed by atoms with Crippen LogP contribution >= 0.6 is 0 Å². The van der Waals surface area contributed by atoms with E-state index in [0.717, 1.165) is 0 Å². The SMILES string of the molecule is CCCCCCC1=CCC[Si](C)(C)O1. The lowest BCUT2D eigenvalue weighted by atomic mass is 10.1. The Labute approximate surface area is 89.7 Å². The van der Waals surface area contributed by atoms with Gasteiger partial charge >= 0.3 is 0 Å². The predicted molar refractivity (Wildman–Crippen MR) is 64.8 cm³/mol. The fraction of sp³-hybridized carbons (Fsp3) is 0.833. The minimum atomic E-state index is -1.29. The van der Waals surface area contributed by atoms with Gasteiger partial charge in [-0.25, -0.2) is 0 Å². The lowest BCUT2D eigenvalue weighted by Gasteiger charge is -2.29. The summed E-state index contributed by atoms with van der Waals surface area (Å²) in [4.78, 5) is 0. The first-order chi connectivity index (χ1) is 6.64. The molecule has 1 aliphatic rings. The number of hydrogen-bond acceptors (Lipinski definition) is 1. The molecule has 82 valence electrons. The van der Waals surface area contributed by atoms with E-state index >= 15 is 0 Å². The van der Waals surface area contributed by atoms with Crippen LogP contribution in [0.3, 0.4) is 0 Å². The third-order valence-corrected chi connectivity index (χ3v) is 5.11. The molecule has 0 atom stereocenters. The molecular weight excluding hydrogens is 188 g/mol. The van der Waals surface area contributed by atoms with E-state index in [1.54, 1.807) is 0 Å². The summed E-state index contributed by atoms with van der Waals surface area (Å²) >= 11 is 0. The van der Waals surface area contributed by atoms with Crippen LogP contribution < -0.4 is 0 Å². The first-order valence-electron chi connectivity index (χ1n) is 6.02. The van der Waals surface area contributed by atoms with Crippen LogP contribution in [0.2, 0.25) is 19.1 Å². The molecule has 0 aliphatic carbocycles. The third kappa shape index (κ3) is 4.31. The largest absolute Gasteiger partial charge is 0.547 e. The maximum Gasteiger partial charge on any atom is 0.245 e. The quantitative estimate of drug-likeness (QED) is 0.483. The van der Waals surface area contributed by atoms with E-state index < -0.39 is 8.32 Å². The highest BCUT2D eigenvalue weighted by Gasteiger charge is 2.27. The lowest BCUT2D eigenvalue weighted by molar-refractivity contribution is 0.373. The smallest absolute Gasteiger partial charge is 0.245 e. The van der Waals surface area contributed by atoms with Crippen LogP contribution in [0, 0.1) is 0 Å². The highest BCUT2D eigenvalue weighted by atomic mass is 28.4. The molecule has 0 aromatic rings. The van der Waals surface area contributed by atoms with E-state index in [1.165, 1.54) is 50.3 Å². The highest BCUT2D eigenvalue weighted by molar-refractivity contribution is 6.71. The molecule has 0 spiro atoms.